The van der Waals surface area contributed by atoms with E-state index < -0.39 is 11.7 Å². The van der Waals surface area contributed by atoms with Crippen molar-refractivity contribution in [2.75, 3.05) is 25.2 Å². The van der Waals surface area contributed by atoms with Crippen molar-refractivity contribution in [2.24, 2.45) is 0 Å². The predicted molar refractivity (Wildman–Crippen MR) is 133 cm³/mol. The van der Waals surface area contributed by atoms with Gasteiger partial charge in [-0.15, -0.1) is 0 Å². The molecule has 1 atom stereocenters. The van der Waals surface area contributed by atoms with E-state index in [4.69, 9.17) is 25.8 Å². The molecule has 0 saturated carbocycles. The first-order chi connectivity index (χ1) is 16.2. The van der Waals surface area contributed by atoms with E-state index in [2.05, 4.69) is 0 Å². The van der Waals surface area contributed by atoms with Gasteiger partial charge in [0.2, 0.25) is 0 Å². The van der Waals surface area contributed by atoms with Crippen LogP contribution in [0.4, 0.5) is 5.69 Å². The lowest BCUT2D eigenvalue weighted by atomic mass is 10.1. The first-order valence-electron chi connectivity index (χ1n) is 11.1. The molecule has 0 aromatic heterocycles. The lowest BCUT2D eigenvalue weighted by Crippen LogP contribution is -2.32. The molecule has 0 spiro atoms. The Hall–Kier alpha value is -3.22. The number of benzene rings is 3. The molecule has 6 nitrogen and oxygen atoms in total. The second-order valence-corrected chi connectivity index (χ2v) is 9.24. The molecule has 0 aliphatic carbocycles. The molecule has 3 aromatic rings. The summed E-state index contributed by atoms with van der Waals surface area (Å²) < 4.78 is 17.1. The summed E-state index contributed by atoms with van der Waals surface area (Å²) in [7, 11) is 1.54. The Morgan fingerprint density at radius 3 is 2.50 bits per heavy atom. The molecular weight excluding hydrogens is 454 g/mol. The van der Waals surface area contributed by atoms with E-state index in [1.807, 2.05) is 42.5 Å². The van der Waals surface area contributed by atoms with E-state index in [0.717, 1.165) is 11.1 Å². The quantitative estimate of drug-likeness (QED) is 0.469. The van der Waals surface area contributed by atoms with Crippen molar-refractivity contribution < 1.29 is 24.1 Å². The van der Waals surface area contributed by atoms with Crippen molar-refractivity contribution >= 4 is 23.2 Å². The van der Waals surface area contributed by atoms with Gasteiger partial charge in [-0.25, -0.2) is 0 Å². The van der Waals surface area contributed by atoms with Gasteiger partial charge in [0.25, 0.3) is 5.91 Å². The SMILES string of the molecule is COc1cc(N2CCC(Oc3ccc(-c4ccccc4)c(Cl)c3)C2=O)ccc1OCC(C)(C)O. The van der Waals surface area contributed by atoms with Crippen LogP contribution in [-0.4, -0.2) is 43.0 Å². The Labute approximate surface area is 204 Å². The Kier molecular flexibility index (Phi) is 7.00. The highest BCUT2D eigenvalue weighted by Gasteiger charge is 2.35. The number of halogens is 1. The van der Waals surface area contributed by atoms with Crippen LogP contribution in [0.25, 0.3) is 11.1 Å². The van der Waals surface area contributed by atoms with E-state index in [9.17, 15) is 9.90 Å². The van der Waals surface area contributed by atoms with Crippen molar-refractivity contribution in [3.63, 3.8) is 0 Å². The molecule has 1 aliphatic rings. The number of carbonyl (C=O) groups excluding carboxylic acids is 1. The first kappa shape index (κ1) is 23.9. The van der Waals surface area contributed by atoms with Crippen LogP contribution in [0.2, 0.25) is 5.02 Å². The Balaban J connectivity index is 1.45. The lowest BCUT2D eigenvalue weighted by molar-refractivity contribution is -0.122. The fourth-order valence-electron chi connectivity index (χ4n) is 3.80. The summed E-state index contributed by atoms with van der Waals surface area (Å²) in [6.07, 6.45) is -0.0494. The van der Waals surface area contributed by atoms with Gasteiger partial charge in [0.1, 0.15) is 12.4 Å². The van der Waals surface area contributed by atoms with Gasteiger partial charge in [0.15, 0.2) is 17.6 Å². The molecule has 4 rings (SSSR count). The highest BCUT2D eigenvalue weighted by Crippen LogP contribution is 2.35. The van der Waals surface area contributed by atoms with Gasteiger partial charge in [0, 0.05) is 30.3 Å². The van der Waals surface area contributed by atoms with E-state index in [0.29, 0.717) is 40.9 Å². The van der Waals surface area contributed by atoms with Gasteiger partial charge in [0.05, 0.1) is 17.7 Å². The lowest BCUT2D eigenvalue weighted by Gasteiger charge is -2.21. The normalized spacial score (nSPS) is 16.0. The number of carbonyl (C=O) groups is 1. The average molecular weight is 482 g/mol. The van der Waals surface area contributed by atoms with Gasteiger partial charge in [-0.1, -0.05) is 41.9 Å². The second kappa shape index (κ2) is 9.95. The van der Waals surface area contributed by atoms with E-state index in [-0.39, 0.29) is 12.5 Å². The smallest absolute Gasteiger partial charge is 0.268 e. The van der Waals surface area contributed by atoms with Crippen molar-refractivity contribution in [1.29, 1.82) is 0 Å². The third-order valence-corrected chi connectivity index (χ3v) is 5.81. The zero-order chi connectivity index (χ0) is 24.3. The minimum atomic E-state index is -0.971. The number of hydrogen-bond donors (Lipinski definition) is 1. The third kappa shape index (κ3) is 5.46. The summed E-state index contributed by atoms with van der Waals surface area (Å²) in [5.41, 5.74) is 1.65. The molecule has 1 fully saturated rings. The number of anilines is 1. The maximum Gasteiger partial charge on any atom is 0.268 e. The van der Waals surface area contributed by atoms with Gasteiger partial charge in [-0.2, -0.15) is 0 Å². The molecule has 1 amide bonds. The van der Waals surface area contributed by atoms with Crippen LogP contribution < -0.4 is 19.1 Å². The molecule has 0 bridgehead atoms. The summed E-state index contributed by atoms with van der Waals surface area (Å²) in [5, 5.41) is 10.5. The minimum Gasteiger partial charge on any atom is -0.493 e. The van der Waals surface area contributed by atoms with Crippen molar-refractivity contribution in [3.05, 3.63) is 71.8 Å². The number of rotatable bonds is 8. The highest BCUT2D eigenvalue weighted by atomic mass is 35.5. The predicted octanol–water partition coefficient (Wildman–Crippen LogP) is 5.35. The van der Waals surface area contributed by atoms with Gasteiger partial charge >= 0.3 is 0 Å². The molecule has 178 valence electrons. The Bertz CT molecular complexity index is 1160. The summed E-state index contributed by atoms with van der Waals surface area (Å²) in [6.45, 7) is 3.97. The molecule has 1 aliphatic heterocycles. The van der Waals surface area contributed by atoms with Crippen LogP contribution in [0, 0.1) is 0 Å². The van der Waals surface area contributed by atoms with Crippen LogP contribution in [0.3, 0.4) is 0 Å². The average Bonchev–Trinajstić information content (AvgIpc) is 3.17. The van der Waals surface area contributed by atoms with Crippen LogP contribution in [-0.2, 0) is 4.79 Å². The van der Waals surface area contributed by atoms with Gasteiger partial charge in [-0.3, -0.25) is 4.79 Å². The van der Waals surface area contributed by atoms with Crippen LogP contribution in [0.5, 0.6) is 17.2 Å². The standard InChI is InChI=1S/C27H28ClNO5/c1-27(2,31)17-33-23-12-9-19(15-25(23)32-3)29-14-13-24(26(29)30)34-20-10-11-21(22(28)16-20)18-7-5-4-6-8-18/h4-12,15-16,24,31H,13-14,17H2,1-3H3. The Morgan fingerprint density at radius 2 is 1.82 bits per heavy atom. The molecule has 1 heterocycles. The highest BCUT2D eigenvalue weighted by molar-refractivity contribution is 6.33. The molecule has 3 aromatic carbocycles. The summed E-state index contributed by atoms with van der Waals surface area (Å²) in [4.78, 5) is 14.8. The number of hydrogen-bond acceptors (Lipinski definition) is 5. The fourth-order valence-corrected chi connectivity index (χ4v) is 4.08. The van der Waals surface area contributed by atoms with Gasteiger partial charge in [-0.05, 0) is 49.7 Å². The van der Waals surface area contributed by atoms with Crippen molar-refractivity contribution in [3.8, 4) is 28.4 Å². The molecule has 34 heavy (non-hydrogen) atoms. The number of methoxy groups -OCH3 is 1. The molecular formula is C27H28ClNO5. The van der Waals surface area contributed by atoms with E-state index in [1.54, 1.807) is 43.0 Å². The zero-order valence-corrected chi connectivity index (χ0v) is 20.2. The maximum atomic E-state index is 13.1. The second-order valence-electron chi connectivity index (χ2n) is 8.83. The monoisotopic (exact) mass is 481 g/mol. The summed E-state index contributed by atoms with van der Waals surface area (Å²) in [5.74, 6) is 1.41. The van der Waals surface area contributed by atoms with Crippen LogP contribution >= 0.6 is 11.6 Å². The van der Waals surface area contributed by atoms with Crippen LogP contribution in [0.1, 0.15) is 20.3 Å². The van der Waals surface area contributed by atoms with Crippen molar-refractivity contribution in [1.82, 2.24) is 0 Å². The number of ether oxygens (including phenoxy) is 3. The number of nitrogens with zero attached hydrogens (tertiary/aromatic N) is 1. The van der Waals surface area contributed by atoms with Crippen molar-refractivity contribution in [2.45, 2.75) is 32.0 Å². The zero-order valence-electron chi connectivity index (χ0n) is 19.5. The van der Waals surface area contributed by atoms with Gasteiger partial charge < -0.3 is 24.2 Å². The topological polar surface area (TPSA) is 68.2 Å². The minimum absolute atomic E-state index is 0.118. The Morgan fingerprint density at radius 1 is 1.06 bits per heavy atom. The maximum absolute atomic E-state index is 13.1. The molecule has 7 heteroatoms. The fraction of sp³-hybridized carbons (Fsp3) is 0.296. The van der Waals surface area contributed by atoms with Crippen LogP contribution in [0.15, 0.2) is 66.7 Å². The summed E-state index contributed by atoms with van der Waals surface area (Å²) in [6, 6.07) is 20.7. The first-order valence-corrected chi connectivity index (χ1v) is 11.5. The molecule has 0 radical (unpaired) electrons. The largest absolute Gasteiger partial charge is 0.493 e. The van der Waals surface area contributed by atoms with E-state index in [1.165, 1.54) is 7.11 Å². The third-order valence-electron chi connectivity index (χ3n) is 5.50. The molecule has 1 unspecified atom stereocenters. The number of amides is 1. The summed E-state index contributed by atoms with van der Waals surface area (Å²) >= 11 is 6.50. The molecule has 1 saturated heterocycles. The van der Waals surface area contributed by atoms with E-state index >= 15 is 0 Å². The number of aliphatic hydroxyl groups is 1. The molecule has 1 N–H and O–H groups in total.